The van der Waals surface area contributed by atoms with Gasteiger partial charge < -0.3 is 0 Å². The Balaban J connectivity index is -0.000000156. The molecule has 2 aliphatic rings. The van der Waals surface area contributed by atoms with Crippen molar-refractivity contribution in [2.75, 3.05) is 0 Å². The molecule has 2 rings (SSSR count). The maximum absolute atomic E-state index is 8.49. The van der Waals surface area contributed by atoms with E-state index in [-0.39, 0.29) is 19.5 Å². The summed E-state index contributed by atoms with van der Waals surface area (Å²) in [6.45, 7) is 0. The predicted molar refractivity (Wildman–Crippen MR) is 73.5 cm³/mol. The van der Waals surface area contributed by atoms with Gasteiger partial charge in [0, 0.05) is 0 Å². The first-order chi connectivity index (χ1) is 14.0. The maximum atomic E-state index is 8.49. The van der Waals surface area contributed by atoms with Gasteiger partial charge in [0.15, 0.2) is 0 Å². The SMILES string of the molecule is C1=CCCCCC=C1.C1=CCCCCC=C1.[O-][Cl+3]([O-])([O-])[O-].[O-][Cl+3]([O-])([O-])[O-].[O-][Cl+3]([O-])([O-])[O-].[Rh+3]. The summed E-state index contributed by atoms with van der Waals surface area (Å²) in [5, 5.41) is 0. The molecule has 0 heterocycles. The van der Waals surface area contributed by atoms with Crippen LogP contribution in [0.3, 0.4) is 0 Å². The van der Waals surface area contributed by atoms with Crippen LogP contribution in [-0.2, 0) is 19.5 Å². The van der Waals surface area contributed by atoms with Crippen molar-refractivity contribution < 1.29 is 106 Å². The Labute approximate surface area is 205 Å². The standard InChI is InChI=1S/2C8H12.3ClHO4.Rh/c2*1-2-4-6-8-7-5-3-1;3*2-1(3,4)5;/h2*1-4H,5-8H2;3*(H,2,3,4,5);/q;;;;;+3/p-3. The van der Waals surface area contributed by atoms with Crippen LogP contribution in [0.15, 0.2) is 48.6 Å². The van der Waals surface area contributed by atoms with Crippen LogP contribution >= 0.6 is 0 Å². The molecule has 0 aromatic heterocycles. The number of rotatable bonds is 0. The summed E-state index contributed by atoms with van der Waals surface area (Å²) in [6, 6.07) is 0. The quantitative estimate of drug-likeness (QED) is 0.229. The molecule has 0 bridgehead atoms. The summed E-state index contributed by atoms with van der Waals surface area (Å²) in [7, 11) is -14.8. The number of hydrogen-bond donors (Lipinski definition) is 0. The maximum Gasteiger partial charge on any atom is 3.00 e. The minimum atomic E-state index is -4.94. The van der Waals surface area contributed by atoms with E-state index in [1.807, 2.05) is 0 Å². The predicted octanol–water partition coefficient (Wildman–Crippen LogP) is -8.92. The molecule has 0 spiro atoms. The molecule has 0 fully saturated rings. The molecule has 0 radical (unpaired) electrons. The minimum Gasteiger partial charge on any atom is -0.222 e. The molecule has 0 aromatic carbocycles. The Morgan fingerprint density at radius 1 is 0.344 bits per heavy atom. The molecule has 0 amide bonds. The second-order valence-corrected chi connectivity index (χ2v) is 7.68. The van der Waals surface area contributed by atoms with Crippen LogP contribution in [0.25, 0.3) is 0 Å². The number of allylic oxidation sites excluding steroid dienone is 8. The van der Waals surface area contributed by atoms with E-state index in [1.54, 1.807) is 0 Å². The van der Waals surface area contributed by atoms with Crippen LogP contribution in [0, 0.1) is 30.7 Å². The fourth-order valence-corrected chi connectivity index (χ4v) is 1.75. The first kappa shape index (κ1) is 39.2. The van der Waals surface area contributed by atoms with Crippen molar-refractivity contribution in [3.63, 3.8) is 0 Å². The molecule has 12 nitrogen and oxygen atoms in total. The Bertz CT molecular complexity index is 409. The van der Waals surface area contributed by atoms with Gasteiger partial charge in [0.2, 0.25) is 0 Å². The van der Waals surface area contributed by atoms with Gasteiger partial charge in [-0.15, -0.1) is 30.7 Å². The van der Waals surface area contributed by atoms with Crippen LogP contribution in [0.2, 0.25) is 0 Å². The zero-order valence-corrected chi connectivity index (χ0v) is 20.5. The van der Waals surface area contributed by atoms with Gasteiger partial charge in [0.05, 0.1) is 0 Å². The van der Waals surface area contributed by atoms with E-state index in [9.17, 15) is 0 Å². The van der Waals surface area contributed by atoms with Crippen LogP contribution < -0.4 is 55.9 Å². The van der Waals surface area contributed by atoms with Gasteiger partial charge in [-0.2, -0.15) is 0 Å². The molecule has 0 unspecified atom stereocenters. The Morgan fingerprint density at radius 2 is 0.469 bits per heavy atom. The molecule has 16 heteroatoms. The first-order valence-electron chi connectivity index (χ1n) is 8.48. The molecule has 2 aliphatic carbocycles. The number of hydrogen-bond acceptors (Lipinski definition) is 12. The fraction of sp³-hybridized carbons (Fsp3) is 0.500. The molecule has 32 heavy (non-hydrogen) atoms. The van der Waals surface area contributed by atoms with Gasteiger partial charge in [-0.1, -0.05) is 48.6 Å². The van der Waals surface area contributed by atoms with Crippen molar-refractivity contribution in [3.05, 3.63) is 48.6 Å². The van der Waals surface area contributed by atoms with E-state index in [2.05, 4.69) is 48.6 Å². The van der Waals surface area contributed by atoms with Gasteiger partial charge in [-0.3, -0.25) is 0 Å². The van der Waals surface area contributed by atoms with Gasteiger partial charge in [-0.25, -0.2) is 55.9 Å². The summed E-state index contributed by atoms with van der Waals surface area (Å²) >= 11 is 0. The van der Waals surface area contributed by atoms with E-state index in [0.29, 0.717) is 0 Å². The summed E-state index contributed by atoms with van der Waals surface area (Å²) in [6.07, 6.45) is 28.0. The Morgan fingerprint density at radius 3 is 0.594 bits per heavy atom. The van der Waals surface area contributed by atoms with E-state index >= 15 is 0 Å². The van der Waals surface area contributed by atoms with E-state index in [4.69, 9.17) is 55.9 Å². The van der Waals surface area contributed by atoms with Crippen LogP contribution in [0.5, 0.6) is 0 Å². The zero-order valence-electron chi connectivity index (χ0n) is 16.6. The van der Waals surface area contributed by atoms with Crippen LogP contribution in [0.1, 0.15) is 51.4 Å². The van der Waals surface area contributed by atoms with Crippen molar-refractivity contribution in [2.45, 2.75) is 51.4 Å². The van der Waals surface area contributed by atoms with Gasteiger partial charge in [0.1, 0.15) is 0 Å². The van der Waals surface area contributed by atoms with E-state index in [0.717, 1.165) is 0 Å². The van der Waals surface area contributed by atoms with Crippen molar-refractivity contribution in [3.8, 4) is 0 Å². The molecular weight excluding hydrogens is 593 g/mol. The monoisotopic (exact) mass is 616 g/mol. The van der Waals surface area contributed by atoms with Crippen molar-refractivity contribution >= 4 is 0 Å². The van der Waals surface area contributed by atoms with Crippen LogP contribution in [0.4, 0.5) is 0 Å². The van der Waals surface area contributed by atoms with Gasteiger partial charge in [-0.05, 0) is 51.4 Å². The smallest absolute Gasteiger partial charge is 0.222 e. The molecule has 0 atom stereocenters. The third kappa shape index (κ3) is 98.6. The fourth-order valence-electron chi connectivity index (χ4n) is 1.75. The van der Waals surface area contributed by atoms with Crippen molar-refractivity contribution in [1.82, 2.24) is 0 Å². The average molecular weight is 618 g/mol. The summed E-state index contributed by atoms with van der Waals surface area (Å²) in [5.41, 5.74) is 0. The third-order valence-corrected chi connectivity index (χ3v) is 2.75. The molecule has 190 valence electrons. The van der Waals surface area contributed by atoms with Gasteiger partial charge >= 0.3 is 19.5 Å². The molecule has 0 saturated carbocycles. The molecule has 0 N–H and O–H groups in total. The normalized spacial score (nSPS) is 15.6. The largest absolute Gasteiger partial charge is 3.00 e. The summed E-state index contributed by atoms with van der Waals surface area (Å²) in [5.74, 6) is 0. The third-order valence-electron chi connectivity index (χ3n) is 2.75. The molecule has 0 aliphatic heterocycles. The van der Waals surface area contributed by atoms with Crippen molar-refractivity contribution in [1.29, 1.82) is 0 Å². The zero-order chi connectivity index (χ0) is 24.8. The van der Waals surface area contributed by atoms with Crippen LogP contribution in [-0.4, -0.2) is 0 Å². The number of halogens is 3. The Kier molecular flexibility index (Phi) is 29.5. The average Bonchev–Trinajstić information content (AvgIpc) is 2.40. The molecule has 0 aromatic rings. The second kappa shape index (κ2) is 24.1. The first-order valence-corrected chi connectivity index (χ1v) is 12.2. The minimum absolute atomic E-state index is 0. The molecule has 0 saturated heterocycles. The van der Waals surface area contributed by atoms with E-state index in [1.165, 1.54) is 51.4 Å². The van der Waals surface area contributed by atoms with E-state index < -0.39 is 30.7 Å². The summed E-state index contributed by atoms with van der Waals surface area (Å²) in [4.78, 5) is 0. The van der Waals surface area contributed by atoms with Gasteiger partial charge in [0.25, 0.3) is 0 Å². The van der Waals surface area contributed by atoms with Crippen molar-refractivity contribution in [2.24, 2.45) is 0 Å². The summed E-state index contributed by atoms with van der Waals surface area (Å²) < 4.78 is 102. The molecular formula is C16H24Cl3O12Rh. The topological polar surface area (TPSA) is 277 Å². The second-order valence-electron chi connectivity index (χ2n) is 5.42. The Hall–Kier alpha value is -0.0266.